The van der Waals surface area contributed by atoms with E-state index in [0.29, 0.717) is 0 Å². The van der Waals surface area contributed by atoms with Crippen LogP contribution in [0.2, 0.25) is 0 Å². The zero-order valence-electron chi connectivity index (χ0n) is 13.5. The first-order chi connectivity index (χ1) is 10.7. The maximum Gasteiger partial charge on any atom is 0.115 e. The van der Waals surface area contributed by atoms with Gasteiger partial charge in [0, 0.05) is 19.6 Å². The Morgan fingerprint density at radius 3 is 3.05 bits per heavy atom. The normalized spacial score (nSPS) is 23.8. The number of rotatable bonds is 4. The van der Waals surface area contributed by atoms with E-state index in [9.17, 15) is 5.11 Å². The Bertz CT molecular complexity index is 653. The van der Waals surface area contributed by atoms with Crippen molar-refractivity contribution < 1.29 is 9.84 Å². The molecule has 0 saturated carbocycles. The quantitative estimate of drug-likeness (QED) is 0.907. The summed E-state index contributed by atoms with van der Waals surface area (Å²) < 4.78 is 7.99. The summed E-state index contributed by atoms with van der Waals surface area (Å²) >= 11 is 0. The standard InChI is InChI=1S/C17H25N3O2/c1-11-4-5-14-13(8-11)19-17(12(2)10-21)20(14)15-6-7-18-9-16(15)22-3/h4-5,8,12,15-16,18,21H,6-7,9-10H2,1-3H3/t12-,15?,16?/m0/s1. The molecule has 0 spiro atoms. The van der Waals surface area contributed by atoms with E-state index in [1.165, 1.54) is 5.56 Å². The number of benzene rings is 1. The Balaban J connectivity index is 2.16. The summed E-state index contributed by atoms with van der Waals surface area (Å²) in [6, 6.07) is 6.63. The number of hydrogen-bond acceptors (Lipinski definition) is 4. The summed E-state index contributed by atoms with van der Waals surface area (Å²) in [4.78, 5) is 4.82. The number of ether oxygens (including phenoxy) is 1. The van der Waals surface area contributed by atoms with Gasteiger partial charge in [0.1, 0.15) is 5.82 Å². The van der Waals surface area contributed by atoms with Crippen LogP contribution in [0.15, 0.2) is 18.2 Å². The van der Waals surface area contributed by atoms with Gasteiger partial charge >= 0.3 is 0 Å². The molecule has 2 heterocycles. The summed E-state index contributed by atoms with van der Waals surface area (Å²) in [5.41, 5.74) is 3.34. The molecule has 0 bridgehead atoms. The molecule has 0 radical (unpaired) electrons. The second-order valence-corrected chi connectivity index (χ2v) is 6.25. The molecule has 3 rings (SSSR count). The molecule has 120 valence electrons. The van der Waals surface area contributed by atoms with Crippen molar-refractivity contribution in [2.45, 2.75) is 38.3 Å². The van der Waals surface area contributed by atoms with Gasteiger partial charge in [-0.3, -0.25) is 0 Å². The van der Waals surface area contributed by atoms with Gasteiger partial charge in [-0.1, -0.05) is 13.0 Å². The molecular formula is C17H25N3O2. The molecule has 0 amide bonds. The highest BCUT2D eigenvalue weighted by atomic mass is 16.5. The van der Waals surface area contributed by atoms with Crippen molar-refractivity contribution in [3.63, 3.8) is 0 Å². The number of aliphatic hydroxyl groups excluding tert-OH is 1. The number of imidazole rings is 1. The molecule has 5 nitrogen and oxygen atoms in total. The third kappa shape index (κ3) is 2.64. The summed E-state index contributed by atoms with van der Waals surface area (Å²) in [6.45, 7) is 6.02. The fourth-order valence-electron chi connectivity index (χ4n) is 3.36. The summed E-state index contributed by atoms with van der Waals surface area (Å²) in [6.07, 6.45) is 1.13. The predicted molar refractivity (Wildman–Crippen MR) is 87.3 cm³/mol. The Kier molecular flexibility index (Phi) is 4.47. The van der Waals surface area contributed by atoms with Crippen LogP contribution in [0.3, 0.4) is 0 Å². The van der Waals surface area contributed by atoms with Gasteiger partial charge in [0.2, 0.25) is 0 Å². The van der Waals surface area contributed by atoms with Crippen LogP contribution in [-0.2, 0) is 4.74 Å². The highest BCUT2D eigenvalue weighted by Crippen LogP contribution is 2.31. The van der Waals surface area contributed by atoms with Crippen LogP contribution in [0.1, 0.15) is 36.7 Å². The highest BCUT2D eigenvalue weighted by molar-refractivity contribution is 5.77. The van der Waals surface area contributed by atoms with Crippen molar-refractivity contribution in [3.05, 3.63) is 29.6 Å². The average Bonchev–Trinajstić information content (AvgIpc) is 2.92. The third-order valence-electron chi connectivity index (χ3n) is 4.61. The molecule has 2 N–H and O–H groups in total. The number of aliphatic hydroxyl groups is 1. The van der Waals surface area contributed by atoms with Gasteiger partial charge in [0.05, 0.1) is 29.8 Å². The van der Waals surface area contributed by atoms with Gasteiger partial charge in [-0.05, 0) is 37.6 Å². The SMILES string of the molecule is COC1CNCCC1n1c([C@@H](C)CO)nc2cc(C)ccc21. The summed E-state index contributed by atoms with van der Waals surface area (Å²) in [7, 11) is 1.77. The van der Waals surface area contributed by atoms with Gasteiger partial charge in [-0.2, -0.15) is 0 Å². The lowest BCUT2D eigenvalue weighted by Gasteiger charge is -2.34. The number of fused-ring (bicyclic) bond motifs is 1. The first-order valence-corrected chi connectivity index (χ1v) is 7.98. The average molecular weight is 303 g/mol. The van der Waals surface area contributed by atoms with Gasteiger partial charge in [-0.15, -0.1) is 0 Å². The molecule has 1 fully saturated rings. The lowest BCUT2D eigenvalue weighted by Crippen LogP contribution is -2.43. The van der Waals surface area contributed by atoms with Crippen molar-refractivity contribution in [3.8, 4) is 0 Å². The lowest BCUT2D eigenvalue weighted by atomic mass is 10.0. The van der Waals surface area contributed by atoms with E-state index in [1.807, 2.05) is 6.92 Å². The predicted octanol–water partition coefficient (Wildman–Crippen LogP) is 1.99. The first-order valence-electron chi connectivity index (χ1n) is 7.98. The Morgan fingerprint density at radius 2 is 2.32 bits per heavy atom. The van der Waals surface area contributed by atoms with Crippen LogP contribution in [0.4, 0.5) is 0 Å². The van der Waals surface area contributed by atoms with Crippen molar-refractivity contribution in [1.29, 1.82) is 0 Å². The molecule has 3 atom stereocenters. The van der Waals surface area contributed by atoms with E-state index in [-0.39, 0.29) is 24.7 Å². The fourth-order valence-corrected chi connectivity index (χ4v) is 3.36. The van der Waals surface area contributed by atoms with Crippen LogP contribution in [0.5, 0.6) is 0 Å². The van der Waals surface area contributed by atoms with Gasteiger partial charge < -0.3 is 19.7 Å². The minimum atomic E-state index is 0.0140. The Morgan fingerprint density at radius 1 is 1.50 bits per heavy atom. The molecule has 5 heteroatoms. The molecular weight excluding hydrogens is 278 g/mol. The lowest BCUT2D eigenvalue weighted by molar-refractivity contribution is 0.0388. The van der Waals surface area contributed by atoms with Crippen LogP contribution in [0, 0.1) is 6.92 Å². The topological polar surface area (TPSA) is 59.3 Å². The number of nitrogens with zero attached hydrogens (tertiary/aromatic N) is 2. The number of nitrogens with one attached hydrogen (secondary N) is 1. The van der Waals surface area contributed by atoms with Crippen molar-refractivity contribution in [2.24, 2.45) is 0 Å². The van der Waals surface area contributed by atoms with Crippen LogP contribution < -0.4 is 5.32 Å². The number of aromatic nitrogens is 2. The molecule has 1 aliphatic heterocycles. The van der Waals surface area contributed by atoms with Crippen LogP contribution in [0.25, 0.3) is 11.0 Å². The Hall–Kier alpha value is -1.43. The summed E-state index contributed by atoms with van der Waals surface area (Å²) in [5, 5.41) is 13.0. The number of hydrogen-bond donors (Lipinski definition) is 2. The van der Waals surface area contributed by atoms with E-state index in [0.717, 1.165) is 36.4 Å². The molecule has 22 heavy (non-hydrogen) atoms. The van der Waals surface area contributed by atoms with E-state index in [4.69, 9.17) is 9.72 Å². The second kappa shape index (κ2) is 6.36. The zero-order chi connectivity index (χ0) is 15.7. The number of aryl methyl sites for hydroxylation is 1. The van der Waals surface area contributed by atoms with E-state index in [2.05, 4.69) is 35.0 Å². The van der Waals surface area contributed by atoms with Crippen molar-refractivity contribution >= 4 is 11.0 Å². The molecule has 1 aromatic heterocycles. The van der Waals surface area contributed by atoms with Crippen LogP contribution >= 0.6 is 0 Å². The van der Waals surface area contributed by atoms with Crippen molar-refractivity contribution in [2.75, 3.05) is 26.8 Å². The summed E-state index contributed by atoms with van der Waals surface area (Å²) in [5.74, 6) is 0.970. The molecule has 2 aromatic rings. The monoisotopic (exact) mass is 303 g/mol. The smallest absolute Gasteiger partial charge is 0.115 e. The number of methoxy groups -OCH3 is 1. The minimum Gasteiger partial charge on any atom is -0.396 e. The van der Waals surface area contributed by atoms with Crippen molar-refractivity contribution in [1.82, 2.24) is 14.9 Å². The van der Waals surface area contributed by atoms with E-state index < -0.39 is 0 Å². The zero-order valence-corrected chi connectivity index (χ0v) is 13.5. The fraction of sp³-hybridized carbons (Fsp3) is 0.588. The van der Waals surface area contributed by atoms with Gasteiger partial charge in [-0.25, -0.2) is 4.98 Å². The van der Waals surface area contributed by atoms with Gasteiger partial charge in [0.25, 0.3) is 0 Å². The molecule has 1 aliphatic rings. The van der Waals surface area contributed by atoms with E-state index in [1.54, 1.807) is 7.11 Å². The minimum absolute atomic E-state index is 0.0140. The third-order valence-corrected chi connectivity index (χ3v) is 4.61. The van der Waals surface area contributed by atoms with Gasteiger partial charge in [0.15, 0.2) is 0 Å². The molecule has 1 aromatic carbocycles. The first kappa shape index (κ1) is 15.5. The number of piperidine rings is 1. The largest absolute Gasteiger partial charge is 0.396 e. The Labute approximate surface area is 131 Å². The molecule has 1 saturated heterocycles. The van der Waals surface area contributed by atoms with E-state index >= 15 is 0 Å². The maximum atomic E-state index is 9.62. The second-order valence-electron chi connectivity index (χ2n) is 6.25. The maximum absolute atomic E-state index is 9.62. The van der Waals surface area contributed by atoms with Crippen LogP contribution in [-0.4, -0.2) is 47.6 Å². The highest BCUT2D eigenvalue weighted by Gasteiger charge is 2.30. The molecule has 0 aliphatic carbocycles. The molecule has 2 unspecified atom stereocenters.